The summed E-state index contributed by atoms with van der Waals surface area (Å²) in [5.74, 6) is -0.453. The van der Waals surface area contributed by atoms with Crippen LogP contribution in [0.5, 0.6) is 5.75 Å². The third-order valence-electron chi connectivity index (χ3n) is 3.73. The summed E-state index contributed by atoms with van der Waals surface area (Å²) in [5, 5.41) is 9.31. The van der Waals surface area contributed by atoms with Gasteiger partial charge in [-0.1, -0.05) is 12.1 Å². The number of para-hydroxylation sites is 2. The number of methoxy groups -OCH3 is 1. The Kier molecular flexibility index (Phi) is 5.33. The number of hydrogen-bond acceptors (Lipinski definition) is 5. The third kappa shape index (κ3) is 3.92. The van der Waals surface area contributed by atoms with Crippen LogP contribution < -0.4 is 15.4 Å². The summed E-state index contributed by atoms with van der Waals surface area (Å²) in [6.07, 6.45) is 4.93. The highest BCUT2D eigenvalue weighted by molar-refractivity contribution is 6.39. The minimum atomic E-state index is -0.784. The molecule has 0 spiro atoms. The number of carbonyl (C=O) groups is 2. The van der Waals surface area contributed by atoms with E-state index in [9.17, 15) is 9.59 Å². The van der Waals surface area contributed by atoms with Gasteiger partial charge in [-0.2, -0.15) is 5.10 Å². The molecule has 134 valence electrons. The van der Waals surface area contributed by atoms with Gasteiger partial charge in [0.1, 0.15) is 17.6 Å². The van der Waals surface area contributed by atoms with Crippen molar-refractivity contribution in [3.63, 3.8) is 0 Å². The van der Waals surface area contributed by atoms with Crippen molar-refractivity contribution in [1.29, 1.82) is 0 Å². The quantitative estimate of drug-likeness (QED) is 0.658. The Balaban J connectivity index is 1.64. The largest absolute Gasteiger partial charge is 0.495 e. The number of rotatable bonds is 6. The lowest BCUT2D eigenvalue weighted by Gasteiger charge is -2.16. The van der Waals surface area contributed by atoms with E-state index in [-0.39, 0.29) is 12.6 Å². The molecular formula is C18H18N4O4. The van der Waals surface area contributed by atoms with Crippen molar-refractivity contribution >= 4 is 17.5 Å². The van der Waals surface area contributed by atoms with Crippen LogP contribution in [0.3, 0.4) is 0 Å². The van der Waals surface area contributed by atoms with E-state index in [0.717, 1.165) is 0 Å². The lowest BCUT2D eigenvalue weighted by Crippen LogP contribution is -2.39. The van der Waals surface area contributed by atoms with Gasteiger partial charge < -0.3 is 19.8 Å². The van der Waals surface area contributed by atoms with Crippen LogP contribution in [0.1, 0.15) is 11.8 Å². The van der Waals surface area contributed by atoms with Gasteiger partial charge in [-0.05, 0) is 30.3 Å². The van der Waals surface area contributed by atoms with Gasteiger partial charge in [0.15, 0.2) is 0 Å². The Morgan fingerprint density at radius 2 is 2.04 bits per heavy atom. The maximum Gasteiger partial charge on any atom is 0.313 e. The van der Waals surface area contributed by atoms with Crippen LogP contribution in [-0.4, -0.2) is 35.2 Å². The first-order valence-electron chi connectivity index (χ1n) is 7.93. The number of ether oxygens (including phenoxy) is 1. The molecule has 0 saturated heterocycles. The van der Waals surface area contributed by atoms with E-state index in [2.05, 4.69) is 15.7 Å². The predicted octanol–water partition coefficient (Wildman–Crippen LogP) is 1.83. The highest BCUT2D eigenvalue weighted by Crippen LogP contribution is 2.22. The second kappa shape index (κ2) is 8.02. The van der Waals surface area contributed by atoms with Crippen LogP contribution in [0.4, 0.5) is 5.69 Å². The van der Waals surface area contributed by atoms with Crippen LogP contribution in [0.2, 0.25) is 0 Å². The first-order chi connectivity index (χ1) is 12.7. The van der Waals surface area contributed by atoms with Crippen molar-refractivity contribution in [2.24, 2.45) is 0 Å². The fraction of sp³-hybridized carbons (Fsp3) is 0.167. The molecule has 2 aromatic heterocycles. The highest BCUT2D eigenvalue weighted by atomic mass is 16.5. The number of carbonyl (C=O) groups excluding carboxylic acids is 2. The van der Waals surface area contributed by atoms with Gasteiger partial charge in [0.25, 0.3) is 0 Å². The molecular weight excluding hydrogens is 336 g/mol. The lowest BCUT2D eigenvalue weighted by atomic mass is 10.2. The van der Waals surface area contributed by atoms with Crippen LogP contribution in [0.25, 0.3) is 0 Å². The Morgan fingerprint density at radius 1 is 1.19 bits per heavy atom. The summed E-state index contributed by atoms with van der Waals surface area (Å²) in [6, 6.07) is 11.8. The lowest BCUT2D eigenvalue weighted by molar-refractivity contribution is -0.136. The smallest absolute Gasteiger partial charge is 0.313 e. The van der Waals surface area contributed by atoms with Crippen LogP contribution in [0, 0.1) is 0 Å². The van der Waals surface area contributed by atoms with Gasteiger partial charge in [-0.15, -0.1) is 0 Å². The first-order valence-corrected chi connectivity index (χ1v) is 7.93. The second-order valence-electron chi connectivity index (χ2n) is 5.38. The number of amides is 2. The van der Waals surface area contributed by atoms with E-state index < -0.39 is 11.8 Å². The summed E-state index contributed by atoms with van der Waals surface area (Å²) < 4.78 is 12.2. The fourth-order valence-electron chi connectivity index (χ4n) is 2.47. The molecule has 8 heteroatoms. The number of aromatic nitrogens is 2. The first kappa shape index (κ1) is 17.3. The summed E-state index contributed by atoms with van der Waals surface area (Å²) in [6.45, 7) is 0.146. The molecule has 0 aliphatic carbocycles. The Bertz CT molecular complexity index is 825. The molecule has 2 heterocycles. The maximum atomic E-state index is 12.2. The molecule has 8 nitrogen and oxygen atoms in total. The minimum Gasteiger partial charge on any atom is -0.495 e. The van der Waals surface area contributed by atoms with Crippen LogP contribution in [0.15, 0.2) is 65.5 Å². The van der Waals surface area contributed by atoms with Gasteiger partial charge in [0.05, 0.1) is 19.1 Å². The minimum absolute atomic E-state index is 0.146. The van der Waals surface area contributed by atoms with E-state index in [1.54, 1.807) is 65.8 Å². The zero-order valence-electron chi connectivity index (χ0n) is 14.1. The van der Waals surface area contributed by atoms with Gasteiger partial charge in [0, 0.05) is 18.9 Å². The van der Waals surface area contributed by atoms with Crippen molar-refractivity contribution in [2.75, 3.05) is 19.0 Å². The number of nitrogens with one attached hydrogen (secondary N) is 2. The molecule has 1 atom stereocenters. The van der Waals surface area contributed by atoms with Gasteiger partial charge in [-0.25, -0.2) is 0 Å². The van der Waals surface area contributed by atoms with E-state index in [1.807, 2.05) is 0 Å². The average Bonchev–Trinajstić information content (AvgIpc) is 3.36. The third-order valence-corrected chi connectivity index (χ3v) is 3.73. The standard InChI is InChI=1S/C18H18N4O4/c1-25-15-7-3-2-6-13(15)21-18(24)17(23)19-12-14(16-8-4-11-26-16)22-10-5-9-20-22/h2-11,14H,12H2,1H3,(H,19,23)(H,21,24). The molecule has 3 aromatic rings. The molecule has 0 fully saturated rings. The fourth-order valence-corrected chi connectivity index (χ4v) is 2.47. The van der Waals surface area contributed by atoms with Gasteiger partial charge in [-0.3, -0.25) is 14.3 Å². The molecule has 26 heavy (non-hydrogen) atoms. The van der Waals surface area contributed by atoms with E-state index >= 15 is 0 Å². The molecule has 0 radical (unpaired) electrons. The molecule has 2 amide bonds. The number of anilines is 1. The van der Waals surface area contributed by atoms with Crippen molar-refractivity contribution < 1.29 is 18.7 Å². The maximum absolute atomic E-state index is 12.2. The zero-order valence-corrected chi connectivity index (χ0v) is 14.1. The molecule has 3 rings (SSSR count). The second-order valence-corrected chi connectivity index (χ2v) is 5.38. The van der Waals surface area contributed by atoms with Crippen LogP contribution in [-0.2, 0) is 9.59 Å². The predicted molar refractivity (Wildman–Crippen MR) is 93.7 cm³/mol. The molecule has 0 aliphatic rings. The number of nitrogens with zero attached hydrogens (tertiary/aromatic N) is 2. The van der Waals surface area contributed by atoms with E-state index in [0.29, 0.717) is 17.2 Å². The topological polar surface area (TPSA) is 98.4 Å². The molecule has 2 N–H and O–H groups in total. The highest BCUT2D eigenvalue weighted by Gasteiger charge is 2.21. The Labute approximate surface area is 149 Å². The normalized spacial score (nSPS) is 11.6. The molecule has 0 bridgehead atoms. The van der Waals surface area contributed by atoms with Gasteiger partial charge in [0.2, 0.25) is 0 Å². The Hall–Kier alpha value is -3.55. The summed E-state index contributed by atoms with van der Waals surface area (Å²) in [5.41, 5.74) is 0.421. The van der Waals surface area contributed by atoms with Crippen LogP contribution >= 0.6 is 0 Å². The van der Waals surface area contributed by atoms with Crippen molar-refractivity contribution in [1.82, 2.24) is 15.1 Å². The van der Waals surface area contributed by atoms with Crippen molar-refractivity contribution in [3.8, 4) is 5.75 Å². The number of hydrogen-bond donors (Lipinski definition) is 2. The summed E-state index contributed by atoms with van der Waals surface area (Å²) in [7, 11) is 1.49. The SMILES string of the molecule is COc1ccccc1NC(=O)C(=O)NCC(c1ccco1)n1cccn1. The summed E-state index contributed by atoms with van der Waals surface area (Å²) in [4.78, 5) is 24.3. The molecule has 1 unspecified atom stereocenters. The van der Waals surface area contributed by atoms with Crippen molar-refractivity contribution in [3.05, 3.63) is 66.9 Å². The number of furan rings is 1. The van der Waals surface area contributed by atoms with Gasteiger partial charge >= 0.3 is 11.8 Å². The summed E-state index contributed by atoms with van der Waals surface area (Å²) >= 11 is 0. The molecule has 1 aromatic carbocycles. The van der Waals surface area contributed by atoms with E-state index in [1.165, 1.54) is 7.11 Å². The molecule has 0 saturated carbocycles. The monoisotopic (exact) mass is 354 g/mol. The average molecular weight is 354 g/mol. The zero-order chi connectivity index (χ0) is 18.4. The molecule has 0 aliphatic heterocycles. The van der Waals surface area contributed by atoms with Crippen molar-refractivity contribution in [2.45, 2.75) is 6.04 Å². The Morgan fingerprint density at radius 3 is 2.73 bits per heavy atom. The van der Waals surface area contributed by atoms with E-state index in [4.69, 9.17) is 9.15 Å². The number of benzene rings is 1.